The van der Waals surface area contributed by atoms with E-state index >= 15 is 0 Å². The lowest BCUT2D eigenvalue weighted by molar-refractivity contribution is -0.120. The zero-order chi connectivity index (χ0) is 22.2. The Labute approximate surface area is 184 Å². The molecular formula is C22H22N6O4. The van der Waals surface area contributed by atoms with Crippen LogP contribution in [0.5, 0.6) is 0 Å². The van der Waals surface area contributed by atoms with Crippen molar-refractivity contribution in [3.63, 3.8) is 0 Å². The van der Waals surface area contributed by atoms with Gasteiger partial charge in [-0.2, -0.15) is 0 Å². The number of amides is 4. The van der Waals surface area contributed by atoms with Gasteiger partial charge >= 0.3 is 0 Å². The van der Waals surface area contributed by atoms with Crippen LogP contribution in [0, 0.1) is 0 Å². The Morgan fingerprint density at radius 1 is 0.688 bits per heavy atom. The van der Waals surface area contributed by atoms with Crippen molar-refractivity contribution in [3.05, 3.63) is 47.8 Å². The first-order valence-electron chi connectivity index (χ1n) is 10.7. The van der Waals surface area contributed by atoms with Crippen molar-refractivity contribution in [3.8, 4) is 0 Å². The van der Waals surface area contributed by atoms with E-state index in [0.29, 0.717) is 38.8 Å². The third-order valence-corrected chi connectivity index (χ3v) is 6.07. The predicted molar refractivity (Wildman–Crippen MR) is 114 cm³/mol. The van der Waals surface area contributed by atoms with E-state index in [0.717, 1.165) is 0 Å². The van der Waals surface area contributed by atoms with Gasteiger partial charge in [-0.05, 0) is 49.9 Å². The van der Waals surface area contributed by atoms with E-state index in [4.69, 9.17) is 0 Å². The van der Waals surface area contributed by atoms with Gasteiger partial charge in [0.1, 0.15) is 35.1 Å². The second-order valence-corrected chi connectivity index (χ2v) is 8.11. The fraction of sp³-hybridized carbons (Fsp3) is 0.364. The van der Waals surface area contributed by atoms with Gasteiger partial charge in [-0.3, -0.25) is 19.2 Å². The summed E-state index contributed by atoms with van der Waals surface area (Å²) < 4.78 is 0. The third kappa shape index (κ3) is 3.57. The maximum Gasteiger partial charge on any atom is 0.273 e. The van der Waals surface area contributed by atoms with Gasteiger partial charge in [0.25, 0.3) is 11.8 Å². The Bertz CT molecular complexity index is 1030. The molecule has 3 aliphatic rings. The first-order chi connectivity index (χ1) is 15.5. The van der Waals surface area contributed by atoms with Gasteiger partial charge in [0.15, 0.2) is 0 Å². The van der Waals surface area contributed by atoms with Crippen LogP contribution in [-0.4, -0.2) is 68.6 Å². The van der Waals surface area contributed by atoms with Gasteiger partial charge in [-0.1, -0.05) is 12.1 Å². The van der Waals surface area contributed by atoms with Gasteiger partial charge in [0, 0.05) is 13.1 Å². The predicted octanol–water partition coefficient (Wildman–Crippen LogP) is 1.28. The summed E-state index contributed by atoms with van der Waals surface area (Å²) in [7, 11) is 0. The maximum atomic E-state index is 13.1. The van der Waals surface area contributed by atoms with E-state index in [2.05, 4.69) is 20.6 Å². The van der Waals surface area contributed by atoms with Gasteiger partial charge in [0.2, 0.25) is 11.8 Å². The molecule has 5 rings (SSSR count). The Morgan fingerprint density at radius 2 is 1.12 bits per heavy atom. The van der Waals surface area contributed by atoms with Crippen molar-refractivity contribution in [2.45, 2.75) is 37.8 Å². The summed E-state index contributed by atoms with van der Waals surface area (Å²) in [6.45, 7) is 0.857. The lowest BCUT2D eigenvalue weighted by Gasteiger charge is -2.25. The number of hydrogen-bond donors (Lipinski definition) is 2. The van der Waals surface area contributed by atoms with Crippen LogP contribution in [0.4, 0.5) is 11.6 Å². The molecule has 32 heavy (non-hydrogen) atoms. The number of nitrogens with zero attached hydrogens (tertiary/aromatic N) is 4. The highest BCUT2D eigenvalue weighted by molar-refractivity contribution is 6.03. The number of pyridine rings is 2. The summed E-state index contributed by atoms with van der Waals surface area (Å²) in [6, 6.07) is 8.25. The molecule has 10 heteroatoms. The van der Waals surface area contributed by atoms with E-state index in [9.17, 15) is 19.2 Å². The molecule has 0 saturated carbocycles. The fourth-order valence-corrected chi connectivity index (χ4v) is 4.52. The minimum Gasteiger partial charge on any atom is -0.325 e. The normalized spacial score (nSPS) is 23.5. The van der Waals surface area contributed by atoms with Crippen LogP contribution >= 0.6 is 0 Å². The van der Waals surface area contributed by atoms with Crippen molar-refractivity contribution in [2.24, 2.45) is 0 Å². The minimum absolute atomic E-state index is 0.147. The average Bonchev–Trinajstić information content (AvgIpc) is 3.48. The summed E-state index contributed by atoms with van der Waals surface area (Å²) in [5.41, 5.74) is 0.295. The lowest BCUT2D eigenvalue weighted by Crippen LogP contribution is -2.45. The standard InChI is InChI=1S/C22H22N6O4/c29-19-15-7-4-12-28(15)22(32)14-6-2-10-18(24-14)26-20(30)16-8-3-11-27(16)21(31)13-5-1-9-17(23-13)25-19/h1-2,5-6,9-10,15-16H,3-4,7-8,11-12H2,(H,23,25,29)(H,24,26,30)/t15-,16-/m0/s1. The van der Waals surface area contributed by atoms with E-state index in [1.165, 1.54) is 9.80 Å². The molecule has 10 nitrogen and oxygen atoms in total. The van der Waals surface area contributed by atoms with Crippen LogP contribution in [0.1, 0.15) is 46.7 Å². The third-order valence-electron chi connectivity index (χ3n) is 6.07. The first-order valence-corrected chi connectivity index (χ1v) is 10.7. The molecule has 2 fully saturated rings. The number of rotatable bonds is 0. The number of anilines is 2. The molecule has 4 bridgehead atoms. The summed E-state index contributed by atoms with van der Waals surface area (Å²) in [6.07, 6.45) is 2.40. The molecule has 0 radical (unpaired) electrons. The highest BCUT2D eigenvalue weighted by Crippen LogP contribution is 2.24. The maximum absolute atomic E-state index is 13.1. The topological polar surface area (TPSA) is 125 Å². The quantitative estimate of drug-likeness (QED) is 0.644. The Kier molecular flexibility index (Phi) is 5.04. The van der Waals surface area contributed by atoms with Crippen LogP contribution in [0.3, 0.4) is 0 Å². The van der Waals surface area contributed by atoms with Crippen molar-refractivity contribution < 1.29 is 19.2 Å². The Morgan fingerprint density at radius 3 is 1.56 bits per heavy atom. The zero-order valence-electron chi connectivity index (χ0n) is 17.3. The molecule has 0 unspecified atom stereocenters. The summed E-state index contributed by atoms with van der Waals surface area (Å²) >= 11 is 0. The smallest absolute Gasteiger partial charge is 0.273 e. The summed E-state index contributed by atoms with van der Waals surface area (Å²) in [4.78, 5) is 63.7. The van der Waals surface area contributed by atoms with Gasteiger partial charge in [-0.25, -0.2) is 9.97 Å². The Hall–Kier alpha value is -3.82. The summed E-state index contributed by atoms with van der Waals surface area (Å²) in [5.74, 6) is -0.998. The monoisotopic (exact) mass is 434 g/mol. The van der Waals surface area contributed by atoms with Crippen LogP contribution < -0.4 is 10.6 Å². The molecule has 2 aromatic rings. The van der Waals surface area contributed by atoms with Crippen molar-refractivity contribution in [2.75, 3.05) is 23.7 Å². The molecule has 0 spiro atoms. The lowest BCUT2D eigenvalue weighted by atomic mass is 10.2. The molecule has 3 aliphatic heterocycles. The molecular weight excluding hydrogens is 412 g/mol. The second-order valence-electron chi connectivity index (χ2n) is 8.11. The second kappa shape index (κ2) is 8.03. The van der Waals surface area contributed by atoms with Crippen molar-refractivity contribution in [1.82, 2.24) is 19.8 Å². The molecule has 164 valence electrons. The first kappa shape index (κ1) is 20.1. The molecule has 2 aromatic heterocycles. The molecule has 2 saturated heterocycles. The fourth-order valence-electron chi connectivity index (χ4n) is 4.52. The number of hydrogen-bond acceptors (Lipinski definition) is 6. The highest BCUT2D eigenvalue weighted by Gasteiger charge is 2.37. The van der Waals surface area contributed by atoms with Gasteiger partial charge in [0.05, 0.1) is 0 Å². The zero-order valence-corrected chi connectivity index (χ0v) is 17.3. The van der Waals surface area contributed by atoms with E-state index in [1.54, 1.807) is 36.4 Å². The molecule has 2 N–H and O–H groups in total. The Balaban J connectivity index is 1.56. The highest BCUT2D eigenvalue weighted by atomic mass is 16.2. The van der Waals surface area contributed by atoms with E-state index in [1.807, 2.05) is 0 Å². The number of carbonyl (C=O) groups is 4. The number of carbonyl (C=O) groups excluding carboxylic acids is 4. The van der Waals surface area contributed by atoms with Crippen LogP contribution in [0.2, 0.25) is 0 Å². The van der Waals surface area contributed by atoms with Crippen molar-refractivity contribution in [1.29, 1.82) is 0 Å². The van der Waals surface area contributed by atoms with Crippen LogP contribution in [0.25, 0.3) is 0 Å². The largest absolute Gasteiger partial charge is 0.325 e. The SMILES string of the molecule is O=C1Nc2cccc(n2)C(=O)N2CCC[C@H]2C(=O)Nc2cccc(n2)C(=O)N2CCC[C@@H]12. The van der Waals surface area contributed by atoms with Crippen molar-refractivity contribution >= 4 is 35.3 Å². The van der Waals surface area contributed by atoms with Gasteiger partial charge in [-0.15, -0.1) is 0 Å². The molecule has 4 amide bonds. The van der Waals surface area contributed by atoms with E-state index in [-0.39, 0.29) is 46.7 Å². The average molecular weight is 434 g/mol. The summed E-state index contributed by atoms with van der Waals surface area (Å²) in [5, 5.41) is 5.47. The number of fused-ring (bicyclic) bond motifs is 6. The molecule has 0 aliphatic carbocycles. The van der Waals surface area contributed by atoms with E-state index < -0.39 is 12.1 Å². The molecule has 5 heterocycles. The van der Waals surface area contributed by atoms with Crippen LogP contribution in [-0.2, 0) is 9.59 Å². The van der Waals surface area contributed by atoms with Crippen LogP contribution in [0.15, 0.2) is 36.4 Å². The molecule has 2 atom stereocenters. The van der Waals surface area contributed by atoms with Gasteiger partial charge < -0.3 is 20.4 Å². The number of aromatic nitrogens is 2. The minimum atomic E-state index is -0.667. The molecule has 0 aromatic carbocycles. The number of nitrogens with one attached hydrogen (secondary N) is 2.